The molecule has 0 bridgehead atoms. The maximum Gasteiger partial charge on any atom is 0.191 e. The van der Waals surface area contributed by atoms with Crippen LogP contribution in [0.4, 0.5) is 0 Å². The van der Waals surface area contributed by atoms with Gasteiger partial charge in [-0.15, -0.1) is 11.3 Å². The summed E-state index contributed by atoms with van der Waals surface area (Å²) >= 11 is 1.79. The van der Waals surface area contributed by atoms with Gasteiger partial charge in [0.25, 0.3) is 0 Å². The van der Waals surface area contributed by atoms with Crippen molar-refractivity contribution in [3.05, 3.63) is 21.9 Å². The highest BCUT2D eigenvalue weighted by atomic mass is 32.1. The fourth-order valence-electron chi connectivity index (χ4n) is 1.27. The summed E-state index contributed by atoms with van der Waals surface area (Å²) in [7, 11) is 0. The fourth-order valence-corrected chi connectivity index (χ4v) is 2.11. The molecule has 0 radical (unpaired) electrons. The molecule has 1 aliphatic rings. The van der Waals surface area contributed by atoms with Gasteiger partial charge >= 0.3 is 0 Å². The molecule has 1 aliphatic heterocycles. The largest absolute Gasteiger partial charge is 0.355 e. The Morgan fingerprint density at radius 3 is 3.23 bits per heavy atom. The summed E-state index contributed by atoms with van der Waals surface area (Å²) in [5, 5.41) is 8.58. The molecule has 2 rings (SSSR count). The molecule has 0 saturated heterocycles. The van der Waals surface area contributed by atoms with Crippen LogP contribution in [0.25, 0.3) is 0 Å². The Hall–Kier alpha value is -1.03. The number of rotatable bonds is 2. The van der Waals surface area contributed by atoms with Gasteiger partial charge in [-0.25, -0.2) is 0 Å². The lowest BCUT2D eigenvalue weighted by Gasteiger charge is -2.05. The van der Waals surface area contributed by atoms with E-state index in [-0.39, 0.29) is 0 Å². The standard InChI is InChI=1S/C9H13N3S/c1-7-2-5-13-8(7)6-12-9-10-3-4-11-9/h2,5H,3-4,6H2,1H3,(H2,10,11,12). The minimum absolute atomic E-state index is 0.884. The lowest BCUT2D eigenvalue weighted by atomic mass is 10.3. The van der Waals surface area contributed by atoms with Crippen LogP contribution in [-0.2, 0) is 6.54 Å². The Labute approximate surface area is 81.9 Å². The molecule has 2 heterocycles. The number of hydrogen-bond acceptors (Lipinski definition) is 4. The number of nitrogens with one attached hydrogen (secondary N) is 2. The Morgan fingerprint density at radius 2 is 2.62 bits per heavy atom. The highest BCUT2D eigenvalue weighted by Gasteiger charge is 2.05. The number of guanidine groups is 1. The van der Waals surface area contributed by atoms with Crippen LogP contribution in [0.2, 0.25) is 0 Å². The zero-order chi connectivity index (χ0) is 9.10. The van der Waals surface area contributed by atoms with E-state index in [0.29, 0.717) is 0 Å². The van der Waals surface area contributed by atoms with Crippen molar-refractivity contribution in [3.8, 4) is 0 Å². The first-order valence-corrected chi connectivity index (χ1v) is 5.29. The topological polar surface area (TPSA) is 36.4 Å². The third-order valence-corrected chi connectivity index (χ3v) is 3.08. The van der Waals surface area contributed by atoms with Crippen molar-refractivity contribution in [2.45, 2.75) is 13.5 Å². The second kappa shape index (κ2) is 3.79. The Kier molecular flexibility index (Phi) is 2.49. The van der Waals surface area contributed by atoms with Crippen molar-refractivity contribution in [1.82, 2.24) is 10.6 Å². The van der Waals surface area contributed by atoms with E-state index in [1.54, 1.807) is 11.3 Å². The number of hydrogen-bond donors (Lipinski definition) is 2. The van der Waals surface area contributed by atoms with E-state index < -0.39 is 0 Å². The van der Waals surface area contributed by atoms with Crippen molar-refractivity contribution >= 4 is 17.3 Å². The third kappa shape index (κ3) is 2.01. The molecule has 0 fully saturated rings. The van der Waals surface area contributed by atoms with Gasteiger partial charge in [-0.3, -0.25) is 4.99 Å². The van der Waals surface area contributed by atoms with Crippen LogP contribution in [0.1, 0.15) is 10.4 Å². The summed E-state index contributed by atoms with van der Waals surface area (Å²) in [6.45, 7) is 4.88. The summed E-state index contributed by atoms with van der Waals surface area (Å²) in [5.74, 6) is 0.938. The Morgan fingerprint density at radius 1 is 1.69 bits per heavy atom. The van der Waals surface area contributed by atoms with E-state index in [9.17, 15) is 0 Å². The first-order chi connectivity index (χ1) is 6.36. The summed E-state index contributed by atoms with van der Waals surface area (Å²) in [6.07, 6.45) is 0. The van der Waals surface area contributed by atoms with Crippen molar-refractivity contribution in [2.24, 2.45) is 4.99 Å². The van der Waals surface area contributed by atoms with E-state index in [1.165, 1.54) is 10.4 Å². The molecule has 0 unspecified atom stereocenters. The van der Waals surface area contributed by atoms with Crippen LogP contribution in [0, 0.1) is 6.92 Å². The van der Waals surface area contributed by atoms with Crippen molar-refractivity contribution in [3.63, 3.8) is 0 Å². The van der Waals surface area contributed by atoms with E-state index in [0.717, 1.165) is 25.6 Å². The molecule has 0 aromatic carbocycles. The van der Waals surface area contributed by atoms with Gasteiger partial charge < -0.3 is 10.6 Å². The molecule has 0 amide bonds. The number of nitrogens with zero attached hydrogens (tertiary/aromatic N) is 1. The normalized spacial score (nSPS) is 15.3. The van der Waals surface area contributed by atoms with Gasteiger partial charge in [-0.05, 0) is 23.9 Å². The van der Waals surface area contributed by atoms with E-state index in [4.69, 9.17) is 0 Å². The fraction of sp³-hybridized carbons (Fsp3) is 0.444. The van der Waals surface area contributed by atoms with Gasteiger partial charge in [-0.2, -0.15) is 0 Å². The Bertz CT molecular complexity index is 316. The monoisotopic (exact) mass is 195 g/mol. The van der Waals surface area contributed by atoms with Crippen LogP contribution in [0.15, 0.2) is 16.4 Å². The molecular formula is C9H13N3S. The predicted octanol–water partition coefficient (Wildman–Crippen LogP) is 1.11. The minimum Gasteiger partial charge on any atom is -0.355 e. The number of thiophene rings is 1. The molecule has 0 saturated carbocycles. The summed E-state index contributed by atoms with van der Waals surface area (Å²) in [4.78, 5) is 5.65. The highest BCUT2D eigenvalue weighted by molar-refractivity contribution is 7.10. The smallest absolute Gasteiger partial charge is 0.191 e. The highest BCUT2D eigenvalue weighted by Crippen LogP contribution is 2.14. The second-order valence-electron chi connectivity index (χ2n) is 3.04. The zero-order valence-electron chi connectivity index (χ0n) is 7.63. The number of aryl methyl sites for hydroxylation is 1. The molecule has 0 aliphatic carbocycles. The first-order valence-electron chi connectivity index (χ1n) is 4.41. The SMILES string of the molecule is Cc1ccsc1CNC1=NCCN1. The van der Waals surface area contributed by atoms with Gasteiger partial charge in [0.2, 0.25) is 0 Å². The van der Waals surface area contributed by atoms with Crippen LogP contribution in [0.5, 0.6) is 0 Å². The maximum absolute atomic E-state index is 4.26. The molecule has 0 atom stereocenters. The van der Waals surface area contributed by atoms with E-state index in [2.05, 4.69) is 34.0 Å². The molecule has 4 heteroatoms. The molecule has 1 aromatic rings. The van der Waals surface area contributed by atoms with Gasteiger partial charge in [0.15, 0.2) is 5.96 Å². The average molecular weight is 195 g/mol. The van der Waals surface area contributed by atoms with Crippen molar-refractivity contribution in [1.29, 1.82) is 0 Å². The van der Waals surface area contributed by atoms with E-state index >= 15 is 0 Å². The zero-order valence-corrected chi connectivity index (χ0v) is 8.45. The number of aliphatic imine (C=N–C) groups is 1. The quantitative estimate of drug-likeness (QED) is 0.741. The minimum atomic E-state index is 0.884. The lowest BCUT2D eigenvalue weighted by molar-refractivity contribution is 0.874. The van der Waals surface area contributed by atoms with Crippen LogP contribution < -0.4 is 10.6 Å². The Balaban J connectivity index is 1.89. The average Bonchev–Trinajstić information content (AvgIpc) is 2.72. The van der Waals surface area contributed by atoms with Crippen molar-refractivity contribution < 1.29 is 0 Å². The van der Waals surface area contributed by atoms with Gasteiger partial charge in [0.1, 0.15) is 0 Å². The summed E-state index contributed by atoms with van der Waals surface area (Å²) in [6, 6.07) is 2.14. The molecule has 70 valence electrons. The van der Waals surface area contributed by atoms with Gasteiger partial charge in [0, 0.05) is 11.4 Å². The summed E-state index contributed by atoms with van der Waals surface area (Å²) < 4.78 is 0. The molecule has 2 N–H and O–H groups in total. The van der Waals surface area contributed by atoms with E-state index in [1.807, 2.05) is 0 Å². The lowest BCUT2D eigenvalue weighted by Crippen LogP contribution is -2.33. The molecular weight excluding hydrogens is 182 g/mol. The van der Waals surface area contributed by atoms with Crippen molar-refractivity contribution in [2.75, 3.05) is 13.1 Å². The van der Waals surface area contributed by atoms with Gasteiger partial charge in [0.05, 0.1) is 13.1 Å². The molecule has 3 nitrogen and oxygen atoms in total. The molecule has 13 heavy (non-hydrogen) atoms. The summed E-state index contributed by atoms with van der Waals surface area (Å²) in [5.41, 5.74) is 1.36. The maximum atomic E-state index is 4.26. The molecule has 0 spiro atoms. The van der Waals surface area contributed by atoms with Gasteiger partial charge in [-0.1, -0.05) is 0 Å². The third-order valence-electron chi connectivity index (χ3n) is 2.06. The molecule has 1 aromatic heterocycles. The predicted molar refractivity (Wildman–Crippen MR) is 56.2 cm³/mol. The first kappa shape index (κ1) is 8.56. The van der Waals surface area contributed by atoms with Crippen LogP contribution in [0.3, 0.4) is 0 Å². The van der Waals surface area contributed by atoms with Crippen LogP contribution in [-0.4, -0.2) is 19.0 Å². The second-order valence-corrected chi connectivity index (χ2v) is 4.04. The van der Waals surface area contributed by atoms with Crippen LogP contribution >= 0.6 is 11.3 Å².